The number of nitrogens with one attached hydrogen (secondary N) is 4. The summed E-state index contributed by atoms with van der Waals surface area (Å²) >= 11 is 10.8. The molecule has 0 unspecified atom stereocenters. The molecule has 1 rings (SSSR count). The molecule has 8 heteroatoms. The van der Waals surface area contributed by atoms with E-state index in [-0.39, 0.29) is 0 Å². The molecular formula is C18H38N6S2. The van der Waals surface area contributed by atoms with E-state index in [4.69, 9.17) is 24.4 Å². The van der Waals surface area contributed by atoms with Crippen LogP contribution in [0, 0.1) is 0 Å². The van der Waals surface area contributed by atoms with Crippen molar-refractivity contribution in [2.45, 2.75) is 50.6 Å². The standard InChI is InChI=1S/C18H38N6S2/c1-23(2)13-5-11-19-17(25)21-15-7-9-16(10-8-15)22-18(26)20-12-6-14-24(3)4/h15-16H,5-14H2,1-4H3,(H2,19,21,25)(H2,20,22,26). The molecule has 0 radical (unpaired) electrons. The Labute approximate surface area is 170 Å². The number of nitrogens with zero attached hydrogens (tertiary/aromatic N) is 2. The number of hydrogen-bond donors (Lipinski definition) is 4. The fourth-order valence-electron chi connectivity index (χ4n) is 3.05. The van der Waals surface area contributed by atoms with Gasteiger partial charge < -0.3 is 31.1 Å². The lowest BCUT2D eigenvalue weighted by Gasteiger charge is -2.31. The van der Waals surface area contributed by atoms with E-state index >= 15 is 0 Å². The maximum Gasteiger partial charge on any atom is 0.166 e. The number of thiocarbonyl (C=S) groups is 2. The summed E-state index contributed by atoms with van der Waals surface area (Å²) in [5.74, 6) is 0. The largest absolute Gasteiger partial charge is 0.363 e. The second-order valence-electron chi connectivity index (χ2n) is 7.66. The Kier molecular flexibility index (Phi) is 12.1. The van der Waals surface area contributed by atoms with Crippen LogP contribution in [0.4, 0.5) is 0 Å². The molecule has 4 N–H and O–H groups in total. The van der Waals surface area contributed by atoms with E-state index in [9.17, 15) is 0 Å². The van der Waals surface area contributed by atoms with Gasteiger partial charge in [0.1, 0.15) is 0 Å². The minimum Gasteiger partial charge on any atom is -0.363 e. The van der Waals surface area contributed by atoms with Gasteiger partial charge in [-0.15, -0.1) is 0 Å². The quantitative estimate of drug-likeness (QED) is 0.321. The van der Waals surface area contributed by atoms with Gasteiger partial charge in [0.15, 0.2) is 10.2 Å². The van der Waals surface area contributed by atoms with Crippen molar-refractivity contribution in [3.05, 3.63) is 0 Å². The molecule has 0 aromatic rings. The molecule has 0 saturated heterocycles. The highest BCUT2D eigenvalue weighted by atomic mass is 32.1. The molecule has 0 amide bonds. The van der Waals surface area contributed by atoms with Gasteiger partial charge in [-0.2, -0.15) is 0 Å². The fraction of sp³-hybridized carbons (Fsp3) is 0.889. The summed E-state index contributed by atoms with van der Waals surface area (Å²) in [6.45, 7) is 4.01. The Hall–Kier alpha value is -0.700. The van der Waals surface area contributed by atoms with E-state index in [0.717, 1.165) is 74.9 Å². The zero-order valence-electron chi connectivity index (χ0n) is 16.9. The summed E-state index contributed by atoms with van der Waals surface area (Å²) in [6.07, 6.45) is 6.71. The highest BCUT2D eigenvalue weighted by Gasteiger charge is 2.21. The van der Waals surface area contributed by atoms with E-state index in [1.807, 2.05) is 0 Å². The van der Waals surface area contributed by atoms with Crippen LogP contribution in [-0.4, -0.2) is 86.5 Å². The average molecular weight is 403 g/mol. The van der Waals surface area contributed by atoms with Gasteiger partial charge in [-0.3, -0.25) is 0 Å². The zero-order valence-corrected chi connectivity index (χ0v) is 18.6. The Balaban J connectivity index is 2.08. The fourth-order valence-corrected chi connectivity index (χ4v) is 3.59. The predicted molar refractivity (Wildman–Crippen MR) is 120 cm³/mol. The van der Waals surface area contributed by atoms with Crippen LogP contribution in [0.3, 0.4) is 0 Å². The van der Waals surface area contributed by atoms with E-state index in [1.54, 1.807) is 0 Å². The Morgan fingerprint density at radius 1 is 0.731 bits per heavy atom. The van der Waals surface area contributed by atoms with Crippen LogP contribution >= 0.6 is 24.4 Å². The van der Waals surface area contributed by atoms with E-state index in [2.05, 4.69) is 59.3 Å². The highest BCUT2D eigenvalue weighted by molar-refractivity contribution is 7.80. The maximum atomic E-state index is 5.41. The summed E-state index contributed by atoms with van der Waals surface area (Å²) in [5, 5.41) is 15.1. The molecule has 1 fully saturated rings. The molecule has 26 heavy (non-hydrogen) atoms. The Bertz CT molecular complexity index is 370. The molecule has 0 aromatic carbocycles. The molecule has 0 bridgehead atoms. The van der Waals surface area contributed by atoms with Crippen molar-refractivity contribution in [1.29, 1.82) is 0 Å². The summed E-state index contributed by atoms with van der Waals surface area (Å²) in [5.41, 5.74) is 0. The van der Waals surface area contributed by atoms with Crippen molar-refractivity contribution in [3.63, 3.8) is 0 Å². The van der Waals surface area contributed by atoms with Crippen molar-refractivity contribution in [2.24, 2.45) is 0 Å². The first-order chi connectivity index (χ1) is 12.4. The first kappa shape index (κ1) is 23.3. The molecule has 1 aliphatic rings. The van der Waals surface area contributed by atoms with Crippen LogP contribution in [0.15, 0.2) is 0 Å². The van der Waals surface area contributed by atoms with Crippen molar-refractivity contribution in [1.82, 2.24) is 31.1 Å². The van der Waals surface area contributed by atoms with E-state index in [0.29, 0.717) is 12.1 Å². The minimum atomic E-state index is 0.475. The first-order valence-corrected chi connectivity index (χ1v) is 10.6. The van der Waals surface area contributed by atoms with Crippen LogP contribution in [0.25, 0.3) is 0 Å². The second-order valence-corrected chi connectivity index (χ2v) is 8.48. The van der Waals surface area contributed by atoms with Gasteiger partial charge in [-0.1, -0.05) is 0 Å². The number of rotatable bonds is 10. The van der Waals surface area contributed by atoms with Crippen molar-refractivity contribution in [3.8, 4) is 0 Å². The lowest BCUT2D eigenvalue weighted by molar-refractivity contribution is 0.352. The normalized spacial score (nSPS) is 20.1. The maximum absolute atomic E-state index is 5.41. The predicted octanol–water partition coefficient (Wildman–Crippen LogP) is 1.13. The summed E-state index contributed by atoms with van der Waals surface area (Å²) in [7, 11) is 8.37. The topological polar surface area (TPSA) is 54.6 Å². The lowest BCUT2D eigenvalue weighted by Crippen LogP contribution is -2.48. The monoisotopic (exact) mass is 402 g/mol. The van der Waals surface area contributed by atoms with Crippen molar-refractivity contribution < 1.29 is 0 Å². The Morgan fingerprint density at radius 2 is 1.08 bits per heavy atom. The summed E-state index contributed by atoms with van der Waals surface area (Å²) < 4.78 is 0. The third-order valence-corrected chi connectivity index (χ3v) is 5.06. The van der Waals surface area contributed by atoms with Gasteiger partial charge in [-0.05, 0) is 104 Å². The summed E-state index contributed by atoms with van der Waals surface area (Å²) in [6, 6.07) is 0.951. The van der Waals surface area contributed by atoms with Gasteiger partial charge in [0.05, 0.1) is 0 Å². The van der Waals surface area contributed by atoms with Crippen molar-refractivity contribution in [2.75, 3.05) is 54.4 Å². The molecule has 0 atom stereocenters. The lowest BCUT2D eigenvalue weighted by atomic mass is 9.91. The smallest absolute Gasteiger partial charge is 0.166 e. The van der Waals surface area contributed by atoms with Gasteiger partial charge in [0, 0.05) is 25.2 Å². The summed E-state index contributed by atoms with van der Waals surface area (Å²) in [4.78, 5) is 4.38. The van der Waals surface area contributed by atoms with Crippen LogP contribution < -0.4 is 21.3 Å². The van der Waals surface area contributed by atoms with Crippen molar-refractivity contribution >= 4 is 34.7 Å². The van der Waals surface area contributed by atoms with Crippen LogP contribution in [-0.2, 0) is 0 Å². The van der Waals surface area contributed by atoms with Gasteiger partial charge in [0.2, 0.25) is 0 Å². The molecule has 1 aliphatic carbocycles. The average Bonchev–Trinajstić information content (AvgIpc) is 2.57. The molecule has 0 aromatic heterocycles. The van der Waals surface area contributed by atoms with E-state index in [1.165, 1.54) is 0 Å². The SMILES string of the molecule is CN(C)CCCNC(=S)NC1CCC(NC(=S)NCCCN(C)C)CC1. The van der Waals surface area contributed by atoms with E-state index < -0.39 is 0 Å². The molecule has 0 spiro atoms. The third kappa shape index (κ3) is 11.8. The first-order valence-electron chi connectivity index (χ1n) is 9.75. The third-order valence-electron chi connectivity index (χ3n) is 4.53. The van der Waals surface area contributed by atoms with Gasteiger partial charge in [0.25, 0.3) is 0 Å². The highest BCUT2D eigenvalue weighted by Crippen LogP contribution is 2.18. The molecule has 6 nitrogen and oxygen atoms in total. The molecule has 0 heterocycles. The molecule has 1 saturated carbocycles. The minimum absolute atomic E-state index is 0.475. The van der Waals surface area contributed by atoms with Crippen LogP contribution in [0.1, 0.15) is 38.5 Å². The van der Waals surface area contributed by atoms with Crippen LogP contribution in [0.2, 0.25) is 0 Å². The molecular weight excluding hydrogens is 364 g/mol. The second kappa shape index (κ2) is 13.5. The van der Waals surface area contributed by atoms with Gasteiger partial charge >= 0.3 is 0 Å². The van der Waals surface area contributed by atoms with Gasteiger partial charge in [-0.25, -0.2) is 0 Å². The Morgan fingerprint density at radius 3 is 1.38 bits per heavy atom. The van der Waals surface area contributed by atoms with Crippen LogP contribution in [0.5, 0.6) is 0 Å². The number of hydrogen-bond acceptors (Lipinski definition) is 4. The zero-order chi connectivity index (χ0) is 19.4. The molecule has 152 valence electrons. The molecule has 0 aliphatic heterocycles.